The number of likely N-dealkylation sites (tertiary alicyclic amines) is 1. The van der Waals surface area contributed by atoms with Crippen LogP contribution in [0.1, 0.15) is 13.3 Å². The maximum Gasteiger partial charge on any atom is 0.319 e. The number of aromatic nitrogens is 1. The number of carbonyl (C=O) groups is 1. The number of hydrogen-bond donors (Lipinski definition) is 2. The number of anilines is 1. The van der Waals surface area contributed by atoms with E-state index in [2.05, 4.69) is 27.4 Å². The van der Waals surface area contributed by atoms with Crippen molar-refractivity contribution in [2.75, 3.05) is 31.5 Å². The van der Waals surface area contributed by atoms with Gasteiger partial charge in [0.15, 0.2) is 0 Å². The molecule has 19 heavy (non-hydrogen) atoms. The Morgan fingerprint density at radius 1 is 1.58 bits per heavy atom. The van der Waals surface area contributed by atoms with E-state index in [0.717, 1.165) is 26.1 Å². The molecular formula is C13H19ClN4O. The van der Waals surface area contributed by atoms with Crippen LogP contribution in [0, 0.1) is 5.92 Å². The van der Waals surface area contributed by atoms with Crippen LogP contribution < -0.4 is 10.6 Å². The molecule has 1 fully saturated rings. The fourth-order valence-corrected chi connectivity index (χ4v) is 2.34. The molecule has 104 valence electrons. The van der Waals surface area contributed by atoms with Crippen molar-refractivity contribution in [2.24, 2.45) is 5.92 Å². The van der Waals surface area contributed by atoms with Gasteiger partial charge in [-0.1, -0.05) is 18.5 Å². The number of nitrogens with one attached hydrogen (secondary N) is 2. The van der Waals surface area contributed by atoms with Crippen molar-refractivity contribution in [3.8, 4) is 0 Å². The molecular weight excluding hydrogens is 264 g/mol. The minimum absolute atomic E-state index is 0.195. The summed E-state index contributed by atoms with van der Waals surface area (Å²) in [6.45, 7) is 6.16. The summed E-state index contributed by atoms with van der Waals surface area (Å²) in [6.07, 6.45) is 2.69. The van der Waals surface area contributed by atoms with Crippen LogP contribution >= 0.6 is 11.6 Å². The Hall–Kier alpha value is -1.33. The van der Waals surface area contributed by atoms with Gasteiger partial charge in [0.1, 0.15) is 5.15 Å². The molecule has 1 aliphatic heterocycles. The molecule has 1 aromatic rings. The Bertz CT molecular complexity index is 423. The zero-order valence-corrected chi connectivity index (χ0v) is 11.8. The van der Waals surface area contributed by atoms with Gasteiger partial charge in [0, 0.05) is 13.1 Å². The molecule has 1 saturated heterocycles. The highest BCUT2D eigenvalue weighted by molar-refractivity contribution is 6.29. The molecule has 5 nitrogen and oxygen atoms in total. The second kappa shape index (κ2) is 6.73. The molecule has 2 heterocycles. The van der Waals surface area contributed by atoms with Crippen molar-refractivity contribution in [2.45, 2.75) is 13.3 Å². The lowest BCUT2D eigenvalue weighted by molar-refractivity contribution is 0.250. The van der Waals surface area contributed by atoms with Gasteiger partial charge < -0.3 is 15.5 Å². The van der Waals surface area contributed by atoms with Crippen LogP contribution in [0.3, 0.4) is 0 Å². The SMILES string of the molecule is CCN1CC[C@@H](CNC(=O)Nc2ccc(Cl)nc2)C1. The number of halogens is 1. The van der Waals surface area contributed by atoms with Gasteiger partial charge in [-0.3, -0.25) is 0 Å². The lowest BCUT2D eigenvalue weighted by atomic mass is 10.1. The summed E-state index contributed by atoms with van der Waals surface area (Å²) in [5.74, 6) is 0.550. The number of amides is 2. The first kappa shape index (κ1) is 14.1. The first-order chi connectivity index (χ1) is 9.17. The maximum absolute atomic E-state index is 11.7. The third kappa shape index (κ3) is 4.36. The van der Waals surface area contributed by atoms with Crippen LogP contribution in [0.15, 0.2) is 18.3 Å². The van der Waals surface area contributed by atoms with E-state index in [9.17, 15) is 4.79 Å². The van der Waals surface area contributed by atoms with Crippen molar-refractivity contribution in [3.05, 3.63) is 23.5 Å². The largest absolute Gasteiger partial charge is 0.338 e. The fraction of sp³-hybridized carbons (Fsp3) is 0.538. The van der Waals surface area contributed by atoms with E-state index in [4.69, 9.17) is 11.6 Å². The molecule has 0 radical (unpaired) electrons. The monoisotopic (exact) mass is 282 g/mol. The summed E-state index contributed by atoms with van der Waals surface area (Å²) in [5.41, 5.74) is 0.642. The Morgan fingerprint density at radius 2 is 2.42 bits per heavy atom. The van der Waals surface area contributed by atoms with Crippen molar-refractivity contribution >= 4 is 23.3 Å². The number of pyridine rings is 1. The predicted octanol–water partition coefficient (Wildman–Crippen LogP) is 2.20. The first-order valence-corrected chi connectivity index (χ1v) is 6.94. The van der Waals surface area contributed by atoms with E-state index >= 15 is 0 Å². The smallest absolute Gasteiger partial charge is 0.319 e. The highest BCUT2D eigenvalue weighted by atomic mass is 35.5. The summed E-state index contributed by atoms with van der Waals surface area (Å²) in [4.78, 5) is 18.0. The summed E-state index contributed by atoms with van der Waals surface area (Å²) in [7, 11) is 0. The molecule has 1 aromatic heterocycles. The quantitative estimate of drug-likeness (QED) is 0.833. The average Bonchev–Trinajstić information content (AvgIpc) is 2.87. The van der Waals surface area contributed by atoms with Gasteiger partial charge in [-0.15, -0.1) is 0 Å². The normalized spacial score (nSPS) is 19.4. The maximum atomic E-state index is 11.7. The minimum Gasteiger partial charge on any atom is -0.338 e. The van der Waals surface area contributed by atoms with E-state index in [1.165, 1.54) is 6.20 Å². The highest BCUT2D eigenvalue weighted by Crippen LogP contribution is 2.14. The van der Waals surface area contributed by atoms with Crippen LogP contribution in [-0.2, 0) is 0 Å². The van der Waals surface area contributed by atoms with E-state index in [1.807, 2.05) is 0 Å². The Balaban J connectivity index is 1.71. The van der Waals surface area contributed by atoms with Gasteiger partial charge >= 0.3 is 6.03 Å². The van der Waals surface area contributed by atoms with Crippen molar-refractivity contribution in [1.29, 1.82) is 0 Å². The molecule has 0 unspecified atom stereocenters. The fourth-order valence-electron chi connectivity index (χ4n) is 2.23. The van der Waals surface area contributed by atoms with Crippen LogP contribution in [0.25, 0.3) is 0 Å². The summed E-state index contributed by atoms with van der Waals surface area (Å²) >= 11 is 5.68. The van der Waals surface area contributed by atoms with Crippen molar-refractivity contribution in [1.82, 2.24) is 15.2 Å². The van der Waals surface area contributed by atoms with Crippen LogP contribution in [-0.4, -0.2) is 42.1 Å². The van der Waals surface area contributed by atoms with Crippen molar-refractivity contribution < 1.29 is 4.79 Å². The number of nitrogens with zero attached hydrogens (tertiary/aromatic N) is 2. The second-order valence-corrected chi connectivity index (χ2v) is 5.14. The van der Waals surface area contributed by atoms with Gasteiger partial charge in [0.2, 0.25) is 0 Å². The number of rotatable bonds is 4. The van der Waals surface area contributed by atoms with Gasteiger partial charge in [-0.25, -0.2) is 9.78 Å². The summed E-state index contributed by atoms with van der Waals surface area (Å²) in [6, 6.07) is 3.18. The zero-order chi connectivity index (χ0) is 13.7. The molecule has 0 bridgehead atoms. The molecule has 0 aliphatic carbocycles. The average molecular weight is 283 g/mol. The van der Waals surface area contributed by atoms with Crippen LogP contribution in [0.2, 0.25) is 5.15 Å². The molecule has 2 rings (SSSR count). The third-order valence-corrected chi connectivity index (χ3v) is 3.58. The first-order valence-electron chi connectivity index (χ1n) is 6.56. The second-order valence-electron chi connectivity index (χ2n) is 4.75. The number of urea groups is 1. The van der Waals surface area contributed by atoms with Crippen LogP contribution in [0.4, 0.5) is 10.5 Å². The topological polar surface area (TPSA) is 57.3 Å². The predicted molar refractivity (Wildman–Crippen MR) is 76.5 cm³/mol. The van der Waals surface area contributed by atoms with Gasteiger partial charge in [-0.05, 0) is 37.6 Å². The van der Waals surface area contributed by atoms with E-state index in [-0.39, 0.29) is 6.03 Å². The third-order valence-electron chi connectivity index (χ3n) is 3.35. The van der Waals surface area contributed by atoms with Gasteiger partial charge in [0.05, 0.1) is 11.9 Å². The standard InChI is InChI=1S/C13H19ClN4O/c1-2-18-6-5-10(9-18)7-16-13(19)17-11-3-4-12(14)15-8-11/h3-4,8,10H,2,5-7,9H2,1H3,(H2,16,17,19)/t10-/m0/s1. The summed E-state index contributed by atoms with van der Waals surface area (Å²) < 4.78 is 0. The van der Waals surface area contributed by atoms with Gasteiger partial charge in [-0.2, -0.15) is 0 Å². The van der Waals surface area contributed by atoms with Crippen molar-refractivity contribution in [3.63, 3.8) is 0 Å². The Morgan fingerprint density at radius 3 is 3.05 bits per heavy atom. The highest BCUT2D eigenvalue weighted by Gasteiger charge is 2.21. The molecule has 1 atom stereocenters. The molecule has 0 saturated carbocycles. The molecule has 2 N–H and O–H groups in total. The lowest BCUT2D eigenvalue weighted by Gasteiger charge is -2.14. The van der Waals surface area contributed by atoms with E-state index in [0.29, 0.717) is 23.3 Å². The number of hydrogen-bond acceptors (Lipinski definition) is 3. The van der Waals surface area contributed by atoms with E-state index < -0.39 is 0 Å². The molecule has 2 amide bonds. The summed E-state index contributed by atoms with van der Waals surface area (Å²) in [5, 5.41) is 6.04. The molecule has 0 spiro atoms. The number of carbonyl (C=O) groups excluding carboxylic acids is 1. The minimum atomic E-state index is -0.195. The van der Waals surface area contributed by atoms with Gasteiger partial charge in [0.25, 0.3) is 0 Å². The zero-order valence-electron chi connectivity index (χ0n) is 11.0. The molecule has 1 aliphatic rings. The Kier molecular flexibility index (Phi) is 4.99. The van der Waals surface area contributed by atoms with E-state index in [1.54, 1.807) is 12.1 Å². The van der Waals surface area contributed by atoms with Crippen LogP contribution in [0.5, 0.6) is 0 Å². The Labute approximate surface area is 118 Å². The molecule has 0 aromatic carbocycles. The lowest BCUT2D eigenvalue weighted by Crippen LogP contribution is -2.34. The molecule has 6 heteroatoms.